The molecule has 0 saturated carbocycles. The number of aliphatic hydroxyl groups excluding tert-OH is 1. The second kappa shape index (κ2) is 6.23. The average Bonchev–Trinajstić information content (AvgIpc) is 2.29. The van der Waals surface area contributed by atoms with E-state index in [1.807, 2.05) is 0 Å². The van der Waals surface area contributed by atoms with Crippen LogP contribution >= 0.6 is 23.2 Å². The molecule has 0 saturated heterocycles. The van der Waals surface area contributed by atoms with Crippen LogP contribution in [0.15, 0.2) is 6.07 Å². The Hall–Kier alpha value is -0.580. The van der Waals surface area contributed by atoms with E-state index in [9.17, 15) is 5.11 Å². The van der Waals surface area contributed by atoms with Crippen LogP contribution in [0.3, 0.4) is 0 Å². The second-order valence-electron chi connectivity index (χ2n) is 3.69. The van der Waals surface area contributed by atoms with Gasteiger partial charge in [-0.15, -0.1) is 10.2 Å². The van der Waals surface area contributed by atoms with Crippen molar-refractivity contribution in [3.8, 4) is 0 Å². The fourth-order valence-electron chi connectivity index (χ4n) is 1.31. The fraction of sp³-hybridized carbons (Fsp3) is 0.600. The molecule has 0 unspecified atom stereocenters. The number of hydrogen-bond acceptors (Lipinski definition) is 4. The highest BCUT2D eigenvalue weighted by molar-refractivity contribution is 6.33. The van der Waals surface area contributed by atoms with Crippen molar-refractivity contribution in [1.82, 2.24) is 10.2 Å². The van der Waals surface area contributed by atoms with Crippen molar-refractivity contribution in [3.05, 3.63) is 16.4 Å². The second-order valence-corrected chi connectivity index (χ2v) is 4.44. The van der Waals surface area contributed by atoms with Crippen molar-refractivity contribution in [2.24, 2.45) is 5.92 Å². The lowest BCUT2D eigenvalue weighted by Crippen LogP contribution is -2.31. The Labute approximate surface area is 105 Å². The number of nitrogens with one attached hydrogen (secondary N) is 1. The summed E-state index contributed by atoms with van der Waals surface area (Å²) >= 11 is 11.6. The average molecular weight is 264 g/mol. The van der Waals surface area contributed by atoms with Gasteiger partial charge in [-0.2, -0.15) is 0 Å². The Morgan fingerprint density at radius 3 is 2.69 bits per heavy atom. The van der Waals surface area contributed by atoms with Gasteiger partial charge < -0.3 is 10.4 Å². The van der Waals surface area contributed by atoms with Gasteiger partial charge >= 0.3 is 0 Å². The van der Waals surface area contributed by atoms with Crippen molar-refractivity contribution in [2.75, 3.05) is 11.9 Å². The molecule has 0 bridgehead atoms. The van der Waals surface area contributed by atoms with Crippen LogP contribution in [-0.2, 0) is 0 Å². The van der Waals surface area contributed by atoms with Crippen LogP contribution < -0.4 is 5.32 Å². The van der Waals surface area contributed by atoms with Gasteiger partial charge in [0.25, 0.3) is 0 Å². The first kappa shape index (κ1) is 13.5. The molecule has 1 rings (SSSR count). The van der Waals surface area contributed by atoms with Crippen LogP contribution in [0.2, 0.25) is 10.3 Å². The first-order chi connectivity index (χ1) is 7.58. The monoisotopic (exact) mass is 263 g/mol. The van der Waals surface area contributed by atoms with Gasteiger partial charge in [0.2, 0.25) is 0 Å². The maximum atomic E-state index is 9.27. The van der Waals surface area contributed by atoms with Gasteiger partial charge in [0.05, 0.1) is 18.3 Å². The summed E-state index contributed by atoms with van der Waals surface area (Å²) in [5.74, 6) is 0.327. The van der Waals surface area contributed by atoms with Crippen LogP contribution in [0.25, 0.3) is 0 Å². The number of rotatable bonds is 5. The molecule has 4 nitrogen and oxygen atoms in total. The van der Waals surface area contributed by atoms with Gasteiger partial charge in [-0.05, 0) is 5.92 Å². The lowest BCUT2D eigenvalue weighted by molar-refractivity contribution is 0.241. The van der Waals surface area contributed by atoms with Gasteiger partial charge in [-0.1, -0.05) is 43.5 Å². The van der Waals surface area contributed by atoms with E-state index in [1.165, 1.54) is 0 Å². The Morgan fingerprint density at radius 2 is 2.12 bits per heavy atom. The van der Waals surface area contributed by atoms with Gasteiger partial charge in [0.1, 0.15) is 0 Å². The van der Waals surface area contributed by atoms with Crippen molar-refractivity contribution < 1.29 is 5.11 Å². The third-order valence-corrected chi connectivity index (χ3v) is 3.05. The molecule has 1 heterocycles. The van der Waals surface area contributed by atoms with E-state index in [-0.39, 0.29) is 23.0 Å². The summed E-state index contributed by atoms with van der Waals surface area (Å²) in [6.45, 7) is 4.15. The summed E-state index contributed by atoms with van der Waals surface area (Å²) < 4.78 is 0. The normalized spacial score (nSPS) is 14.6. The Kier molecular flexibility index (Phi) is 5.25. The highest BCUT2D eigenvalue weighted by Gasteiger charge is 2.16. The summed E-state index contributed by atoms with van der Waals surface area (Å²) in [6, 6.07) is 1.53. The van der Waals surface area contributed by atoms with E-state index in [0.29, 0.717) is 11.6 Å². The number of aliphatic hydroxyl groups is 1. The van der Waals surface area contributed by atoms with E-state index < -0.39 is 0 Å². The molecule has 1 aromatic rings. The highest BCUT2D eigenvalue weighted by atomic mass is 35.5. The van der Waals surface area contributed by atoms with Crippen LogP contribution in [0.5, 0.6) is 0 Å². The number of nitrogens with zero attached hydrogens (tertiary/aromatic N) is 2. The maximum absolute atomic E-state index is 9.27. The fourth-order valence-corrected chi connectivity index (χ4v) is 1.60. The smallest absolute Gasteiger partial charge is 0.174 e. The molecule has 0 spiro atoms. The molecule has 16 heavy (non-hydrogen) atoms. The van der Waals surface area contributed by atoms with E-state index >= 15 is 0 Å². The van der Waals surface area contributed by atoms with Crippen molar-refractivity contribution in [3.63, 3.8) is 0 Å². The summed E-state index contributed by atoms with van der Waals surface area (Å²) in [5.41, 5.74) is 0.598. The standard InChI is InChI=1S/C10H15Cl2N3O/c1-3-6(2)8(5-16)13-7-4-9(11)14-15-10(7)12/h4,6,8,16H,3,5H2,1-2H3,(H,13,14)/t6-,8+/m1/s1. The molecule has 6 heteroatoms. The molecular weight excluding hydrogens is 249 g/mol. The van der Waals surface area contributed by atoms with E-state index in [4.69, 9.17) is 23.2 Å². The molecular formula is C10H15Cl2N3O. The largest absolute Gasteiger partial charge is 0.394 e. The molecule has 0 amide bonds. The molecule has 2 atom stereocenters. The minimum absolute atomic E-state index is 0.0330. The van der Waals surface area contributed by atoms with Gasteiger partial charge in [-0.25, -0.2) is 0 Å². The summed E-state index contributed by atoms with van der Waals surface area (Å²) in [7, 11) is 0. The molecule has 0 fully saturated rings. The Balaban J connectivity index is 2.81. The zero-order chi connectivity index (χ0) is 12.1. The van der Waals surface area contributed by atoms with E-state index in [0.717, 1.165) is 6.42 Å². The minimum Gasteiger partial charge on any atom is -0.394 e. The third kappa shape index (κ3) is 3.47. The molecule has 0 aliphatic heterocycles. The molecule has 0 aliphatic rings. The molecule has 0 aliphatic carbocycles. The predicted molar refractivity (Wildman–Crippen MR) is 66.0 cm³/mol. The molecule has 0 radical (unpaired) electrons. The Bertz CT molecular complexity index is 349. The topological polar surface area (TPSA) is 58.0 Å². The van der Waals surface area contributed by atoms with Gasteiger partial charge in [0, 0.05) is 6.07 Å². The van der Waals surface area contributed by atoms with Crippen molar-refractivity contribution >= 4 is 28.9 Å². The lowest BCUT2D eigenvalue weighted by Gasteiger charge is -2.23. The summed E-state index contributed by atoms with van der Waals surface area (Å²) in [5, 5.41) is 20.2. The highest BCUT2D eigenvalue weighted by Crippen LogP contribution is 2.23. The van der Waals surface area contributed by atoms with E-state index in [2.05, 4.69) is 29.4 Å². The zero-order valence-corrected chi connectivity index (χ0v) is 10.8. The van der Waals surface area contributed by atoms with Crippen molar-refractivity contribution in [2.45, 2.75) is 26.3 Å². The number of halogens is 2. The molecule has 1 aromatic heterocycles. The lowest BCUT2D eigenvalue weighted by atomic mass is 10.00. The predicted octanol–water partition coefficient (Wildman–Crippen LogP) is 2.60. The number of anilines is 1. The quantitative estimate of drug-likeness (QED) is 0.858. The van der Waals surface area contributed by atoms with Gasteiger partial charge in [-0.3, -0.25) is 0 Å². The first-order valence-electron chi connectivity index (χ1n) is 5.14. The van der Waals surface area contributed by atoms with Crippen LogP contribution in [0, 0.1) is 5.92 Å². The zero-order valence-electron chi connectivity index (χ0n) is 9.24. The van der Waals surface area contributed by atoms with Gasteiger partial charge in [0.15, 0.2) is 10.3 Å². The van der Waals surface area contributed by atoms with Crippen LogP contribution in [0.4, 0.5) is 5.69 Å². The SMILES string of the molecule is CC[C@@H](C)[C@H](CO)Nc1cc(Cl)nnc1Cl. The third-order valence-electron chi connectivity index (χ3n) is 2.59. The Morgan fingerprint density at radius 1 is 1.44 bits per heavy atom. The van der Waals surface area contributed by atoms with Crippen LogP contribution in [0.1, 0.15) is 20.3 Å². The molecule has 2 N–H and O–H groups in total. The number of hydrogen-bond donors (Lipinski definition) is 2. The first-order valence-corrected chi connectivity index (χ1v) is 5.90. The van der Waals surface area contributed by atoms with E-state index in [1.54, 1.807) is 6.07 Å². The van der Waals surface area contributed by atoms with Crippen molar-refractivity contribution in [1.29, 1.82) is 0 Å². The molecule has 90 valence electrons. The summed E-state index contributed by atoms with van der Waals surface area (Å²) in [6.07, 6.45) is 0.960. The number of aromatic nitrogens is 2. The maximum Gasteiger partial charge on any atom is 0.174 e. The molecule has 0 aromatic carbocycles. The summed E-state index contributed by atoms with van der Waals surface area (Å²) in [4.78, 5) is 0. The van der Waals surface area contributed by atoms with Crippen LogP contribution in [-0.4, -0.2) is 28.0 Å². The minimum atomic E-state index is -0.0669.